The van der Waals surface area contributed by atoms with Crippen LogP contribution in [-0.2, 0) is 0 Å². The zero-order valence-corrected chi connectivity index (χ0v) is 26.4. The van der Waals surface area contributed by atoms with Gasteiger partial charge in [-0.05, 0) is 76.3 Å². The average molecular weight is 629 g/mol. The van der Waals surface area contributed by atoms with Crippen molar-refractivity contribution in [3.8, 4) is 22.6 Å². The lowest BCUT2D eigenvalue weighted by atomic mass is 10.0. The van der Waals surface area contributed by atoms with E-state index in [1.807, 2.05) is 24.3 Å². The van der Waals surface area contributed by atoms with Crippen molar-refractivity contribution in [3.05, 3.63) is 170 Å². The van der Waals surface area contributed by atoms with Crippen molar-refractivity contribution in [2.24, 2.45) is 0 Å². The third-order valence-electron chi connectivity index (χ3n) is 9.50. The molecule has 230 valence electrons. The van der Waals surface area contributed by atoms with E-state index in [-0.39, 0.29) is 0 Å². The molecule has 0 aliphatic carbocycles. The molecule has 0 saturated carbocycles. The van der Waals surface area contributed by atoms with Gasteiger partial charge in [-0.15, -0.1) is 0 Å². The fraction of sp³-hybridized carbons (Fsp3) is 0. The molecule has 4 nitrogen and oxygen atoms in total. The Morgan fingerprint density at radius 1 is 0.429 bits per heavy atom. The highest BCUT2D eigenvalue weighted by atomic mass is 16.3. The second-order valence-corrected chi connectivity index (χ2v) is 12.4. The molecule has 0 fully saturated rings. The lowest BCUT2D eigenvalue weighted by Gasteiger charge is -2.27. The van der Waals surface area contributed by atoms with Crippen LogP contribution in [0.3, 0.4) is 0 Å². The van der Waals surface area contributed by atoms with Crippen molar-refractivity contribution in [1.82, 2.24) is 4.98 Å². The van der Waals surface area contributed by atoms with Gasteiger partial charge in [0.1, 0.15) is 16.7 Å². The Hall–Kier alpha value is -6.65. The summed E-state index contributed by atoms with van der Waals surface area (Å²) in [6.07, 6.45) is 0. The second-order valence-electron chi connectivity index (χ2n) is 12.4. The number of furan rings is 1. The smallest absolute Gasteiger partial charge is 0.227 e. The number of hydrogen-bond donors (Lipinski definition) is 0. The topological polar surface area (TPSA) is 42.4 Å². The molecule has 10 rings (SSSR count). The molecule has 10 aromatic rings. The van der Waals surface area contributed by atoms with Gasteiger partial charge < -0.3 is 13.7 Å². The summed E-state index contributed by atoms with van der Waals surface area (Å²) in [5, 5.41) is 6.85. The minimum Gasteiger partial charge on any atom is -0.456 e. The van der Waals surface area contributed by atoms with Crippen LogP contribution in [0.5, 0.6) is 0 Å². The van der Waals surface area contributed by atoms with Crippen LogP contribution in [0.25, 0.3) is 77.2 Å². The third kappa shape index (κ3) is 4.49. The molecule has 4 heteroatoms. The minimum absolute atomic E-state index is 0.625. The molecule has 0 aliphatic heterocycles. The number of nitrogens with zero attached hydrogens (tertiary/aromatic N) is 2. The van der Waals surface area contributed by atoms with E-state index in [2.05, 4.69) is 150 Å². The summed E-state index contributed by atoms with van der Waals surface area (Å²) in [5.74, 6) is 0.625. The zero-order chi connectivity index (χ0) is 32.3. The van der Waals surface area contributed by atoms with E-state index in [1.165, 1.54) is 10.8 Å². The number of hydrogen-bond acceptors (Lipinski definition) is 4. The first-order valence-corrected chi connectivity index (χ1v) is 16.5. The van der Waals surface area contributed by atoms with Crippen LogP contribution in [-0.4, -0.2) is 4.98 Å². The highest BCUT2D eigenvalue weighted by Gasteiger charge is 2.19. The number of oxazole rings is 1. The van der Waals surface area contributed by atoms with E-state index in [4.69, 9.17) is 13.8 Å². The number of fused-ring (bicyclic) bond motifs is 6. The molecule has 8 aromatic carbocycles. The molecule has 0 bridgehead atoms. The maximum Gasteiger partial charge on any atom is 0.227 e. The van der Waals surface area contributed by atoms with Crippen LogP contribution in [0.15, 0.2) is 179 Å². The van der Waals surface area contributed by atoms with Crippen molar-refractivity contribution in [3.63, 3.8) is 0 Å². The third-order valence-corrected chi connectivity index (χ3v) is 9.50. The van der Waals surface area contributed by atoms with Crippen molar-refractivity contribution in [2.45, 2.75) is 0 Å². The van der Waals surface area contributed by atoms with E-state index >= 15 is 0 Å². The van der Waals surface area contributed by atoms with E-state index in [0.29, 0.717) is 5.89 Å². The van der Waals surface area contributed by atoms with Gasteiger partial charge in [0.05, 0.1) is 5.69 Å². The molecule has 0 atom stereocenters. The van der Waals surface area contributed by atoms with Gasteiger partial charge >= 0.3 is 0 Å². The van der Waals surface area contributed by atoms with E-state index < -0.39 is 0 Å². The van der Waals surface area contributed by atoms with Gasteiger partial charge in [-0.3, -0.25) is 0 Å². The van der Waals surface area contributed by atoms with Crippen LogP contribution < -0.4 is 4.90 Å². The summed E-state index contributed by atoms with van der Waals surface area (Å²) in [4.78, 5) is 7.27. The van der Waals surface area contributed by atoms with E-state index in [9.17, 15) is 0 Å². The van der Waals surface area contributed by atoms with Crippen LogP contribution in [0.2, 0.25) is 0 Å². The van der Waals surface area contributed by atoms with Crippen molar-refractivity contribution in [1.29, 1.82) is 0 Å². The highest BCUT2D eigenvalue weighted by Crippen LogP contribution is 2.42. The Bertz CT molecular complexity index is 2830. The molecule has 0 N–H and O–H groups in total. The lowest BCUT2D eigenvalue weighted by molar-refractivity contribution is 0.621. The first kappa shape index (κ1) is 27.5. The molecular weight excluding hydrogens is 601 g/mol. The summed E-state index contributed by atoms with van der Waals surface area (Å²) in [5.41, 5.74) is 9.65. The molecule has 0 unspecified atom stereocenters. The van der Waals surface area contributed by atoms with Gasteiger partial charge in [-0.25, -0.2) is 4.98 Å². The van der Waals surface area contributed by atoms with E-state index in [1.54, 1.807) is 0 Å². The monoisotopic (exact) mass is 628 g/mol. The second kappa shape index (κ2) is 11.0. The molecule has 49 heavy (non-hydrogen) atoms. The van der Waals surface area contributed by atoms with Crippen molar-refractivity contribution >= 4 is 71.6 Å². The van der Waals surface area contributed by atoms with Crippen molar-refractivity contribution in [2.75, 3.05) is 4.90 Å². The summed E-state index contributed by atoms with van der Waals surface area (Å²) >= 11 is 0. The summed E-state index contributed by atoms with van der Waals surface area (Å²) < 4.78 is 12.7. The Balaban J connectivity index is 1.11. The summed E-state index contributed by atoms with van der Waals surface area (Å²) in [6.45, 7) is 0. The number of aromatic nitrogens is 1. The number of anilines is 3. The molecule has 0 spiro atoms. The van der Waals surface area contributed by atoms with Gasteiger partial charge in [-0.2, -0.15) is 0 Å². The van der Waals surface area contributed by atoms with Crippen LogP contribution >= 0.6 is 0 Å². The van der Waals surface area contributed by atoms with Gasteiger partial charge in [0, 0.05) is 38.7 Å². The Labute approximate surface area is 282 Å². The van der Waals surface area contributed by atoms with Crippen LogP contribution in [0.4, 0.5) is 17.1 Å². The summed E-state index contributed by atoms with van der Waals surface area (Å²) in [7, 11) is 0. The van der Waals surface area contributed by atoms with Crippen LogP contribution in [0.1, 0.15) is 0 Å². The predicted molar refractivity (Wildman–Crippen MR) is 202 cm³/mol. The number of para-hydroxylation sites is 2. The Kier molecular flexibility index (Phi) is 6.15. The number of rotatable bonds is 5. The zero-order valence-electron chi connectivity index (χ0n) is 26.4. The Morgan fingerprint density at radius 3 is 1.92 bits per heavy atom. The molecule has 0 aliphatic rings. The molecule has 0 saturated heterocycles. The van der Waals surface area contributed by atoms with Gasteiger partial charge in [0.25, 0.3) is 0 Å². The molecule has 2 heterocycles. The largest absolute Gasteiger partial charge is 0.456 e. The van der Waals surface area contributed by atoms with Crippen LogP contribution in [0, 0.1) is 0 Å². The minimum atomic E-state index is 0.625. The van der Waals surface area contributed by atoms with Crippen molar-refractivity contribution < 1.29 is 8.83 Å². The van der Waals surface area contributed by atoms with Gasteiger partial charge in [0.15, 0.2) is 5.58 Å². The maximum atomic E-state index is 6.55. The Morgan fingerprint density at radius 2 is 1.06 bits per heavy atom. The standard InChI is InChI=1S/C45H28N2O2/c1-3-14-34-29(10-1)12-7-18-38(34)45-46-40-19-9-17-36(44(40)49-45)31-22-24-32(25-23-31)47(41-20-8-13-30-11-2-4-15-35(30)41)33-26-27-43-39(28-33)37-16-5-6-21-42(37)48-43/h1-28H. The highest BCUT2D eigenvalue weighted by molar-refractivity contribution is 6.07. The molecule has 0 amide bonds. The average Bonchev–Trinajstić information content (AvgIpc) is 3.77. The predicted octanol–water partition coefficient (Wildman–Crippen LogP) is 12.8. The SMILES string of the molecule is c1ccc2c(-c3nc4cccc(-c5ccc(N(c6ccc7oc8ccccc8c7c6)c6cccc7ccccc67)cc5)c4o3)cccc2c1. The fourth-order valence-corrected chi connectivity index (χ4v) is 7.18. The normalized spacial score (nSPS) is 11.7. The van der Waals surface area contributed by atoms with Gasteiger partial charge in [-0.1, -0.05) is 115 Å². The van der Waals surface area contributed by atoms with E-state index in [0.717, 1.165) is 77.6 Å². The summed E-state index contributed by atoms with van der Waals surface area (Å²) in [6, 6.07) is 59.2. The molecule has 0 radical (unpaired) electrons. The fourth-order valence-electron chi connectivity index (χ4n) is 7.18. The lowest BCUT2D eigenvalue weighted by Crippen LogP contribution is -2.10. The maximum absolute atomic E-state index is 6.55. The molecular formula is C45H28N2O2. The first-order valence-electron chi connectivity index (χ1n) is 16.5. The molecule has 2 aromatic heterocycles. The van der Waals surface area contributed by atoms with Gasteiger partial charge in [0.2, 0.25) is 5.89 Å². The quantitative estimate of drug-likeness (QED) is 0.190. The first-order chi connectivity index (χ1) is 24.3. The number of benzene rings is 8.